The molecule has 6 rings (SSSR count). The van der Waals surface area contributed by atoms with Gasteiger partial charge in [0, 0.05) is 49.0 Å². The SMILES string of the molecule is FC(F)c1nnc(-c2ccc(Cn3cc(-c4cccc(N5CCN(C6CCC6)CC5)c4)nn3)cc2)o1. The molecule has 0 unspecified atom stereocenters. The lowest BCUT2D eigenvalue weighted by Crippen LogP contribution is -2.52. The summed E-state index contributed by atoms with van der Waals surface area (Å²) in [5.74, 6) is -0.603. The van der Waals surface area contributed by atoms with Crippen molar-refractivity contribution in [2.75, 3.05) is 31.1 Å². The van der Waals surface area contributed by atoms with Gasteiger partial charge in [-0.25, -0.2) is 4.68 Å². The Hall–Kier alpha value is -3.66. The summed E-state index contributed by atoms with van der Waals surface area (Å²) in [6, 6.07) is 16.6. The third-order valence-electron chi connectivity index (χ3n) is 7.12. The molecule has 36 heavy (non-hydrogen) atoms. The van der Waals surface area contributed by atoms with Crippen LogP contribution in [0.25, 0.3) is 22.7 Å². The van der Waals surface area contributed by atoms with Crippen LogP contribution in [0, 0.1) is 0 Å². The minimum atomic E-state index is -2.78. The van der Waals surface area contributed by atoms with Crippen molar-refractivity contribution in [1.29, 1.82) is 0 Å². The van der Waals surface area contributed by atoms with E-state index in [0.29, 0.717) is 12.1 Å². The zero-order chi connectivity index (χ0) is 24.5. The minimum Gasteiger partial charge on any atom is -0.415 e. The van der Waals surface area contributed by atoms with Crippen LogP contribution in [0.1, 0.15) is 37.1 Å². The van der Waals surface area contributed by atoms with Crippen molar-refractivity contribution in [3.63, 3.8) is 0 Å². The number of aromatic nitrogens is 5. The number of hydrogen-bond acceptors (Lipinski definition) is 7. The van der Waals surface area contributed by atoms with Crippen LogP contribution >= 0.6 is 0 Å². The van der Waals surface area contributed by atoms with E-state index in [9.17, 15) is 8.78 Å². The third-order valence-corrected chi connectivity index (χ3v) is 7.12. The number of anilines is 1. The molecule has 2 fully saturated rings. The second-order valence-electron chi connectivity index (χ2n) is 9.40. The van der Waals surface area contributed by atoms with Gasteiger partial charge >= 0.3 is 6.43 Å². The Bertz CT molecular complexity index is 1310. The van der Waals surface area contributed by atoms with Crippen LogP contribution in [0.2, 0.25) is 0 Å². The van der Waals surface area contributed by atoms with Gasteiger partial charge in [0.15, 0.2) is 0 Å². The number of benzene rings is 2. The molecule has 3 heterocycles. The largest absolute Gasteiger partial charge is 0.415 e. The molecule has 186 valence electrons. The highest BCUT2D eigenvalue weighted by Crippen LogP contribution is 2.28. The Morgan fingerprint density at radius 2 is 1.72 bits per heavy atom. The van der Waals surface area contributed by atoms with E-state index in [-0.39, 0.29) is 5.89 Å². The number of rotatable bonds is 7. The standard InChI is InChI=1S/C26H27F2N7O/c27-24(28)26-31-30-25(36-26)19-9-7-18(8-10-19)16-35-17-23(29-32-35)20-3-1-6-22(15-20)34-13-11-33(12-14-34)21-4-2-5-21/h1,3,6-10,15,17,21,24H,2,4-5,11-14,16H2. The molecule has 1 aliphatic carbocycles. The fourth-order valence-corrected chi connectivity index (χ4v) is 4.85. The van der Waals surface area contributed by atoms with Crippen LogP contribution in [0.4, 0.5) is 14.5 Å². The quantitative estimate of drug-likeness (QED) is 0.372. The predicted molar refractivity (Wildman–Crippen MR) is 131 cm³/mol. The van der Waals surface area contributed by atoms with E-state index in [1.807, 2.05) is 18.3 Å². The van der Waals surface area contributed by atoms with Gasteiger partial charge in [0.05, 0.1) is 12.7 Å². The molecular weight excluding hydrogens is 464 g/mol. The van der Waals surface area contributed by atoms with Gasteiger partial charge in [-0.05, 0) is 42.7 Å². The molecule has 1 aliphatic heterocycles. The van der Waals surface area contributed by atoms with Crippen molar-refractivity contribution in [2.45, 2.75) is 38.3 Å². The maximum atomic E-state index is 12.7. The van der Waals surface area contributed by atoms with Gasteiger partial charge in [0.25, 0.3) is 5.89 Å². The monoisotopic (exact) mass is 491 g/mol. The molecule has 0 spiro atoms. The summed E-state index contributed by atoms with van der Waals surface area (Å²) in [7, 11) is 0. The number of piperazine rings is 1. The Morgan fingerprint density at radius 3 is 2.42 bits per heavy atom. The van der Waals surface area contributed by atoms with Gasteiger partial charge in [0.2, 0.25) is 5.89 Å². The van der Waals surface area contributed by atoms with E-state index in [4.69, 9.17) is 4.42 Å². The first-order valence-electron chi connectivity index (χ1n) is 12.3. The molecule has 10 heteroatoms. The smallest absolute Gasteiger partial charge is 0.314 e. The van der Waals surface area contributed by atoms with Gasteiger partial charge in [-0.2, -0.15) is 8.78 Å². The highest BCUT2D eigenvalue weighted by atomic mass is 19.3. The molecular formula is C26H27F2N7O. The Morgan fingerprint density at radius 1 is 0.917 bits per heavy atom. The van der Waals surface area contributed by atoms with Crippen LogP contribution in [-0.2, 0) is 6.54 Å². The summed E-state index contributed by atoms with van der Waals surface area (Å²) in [5.41, 5.74) is 4.67. The Balaban J connectivity index is 1.10. The van der Waals surface area contributed by atoms with Crippen LogP contribution < -0.4 is 4.90 Å². The molecule has 0 atom stereocenters. The van der Waals surface area contributed by atoms with E-state index in [1.54, 1.807) is 16.8 Å². The molecule has 0 radical (unpaired) electrons. The second-order valence-corrected chi connectivity index (χ2v) is 9.40. The molecule has 0 N–H and O–H groups in total. The van der Waals surface area contributed by atoms with Gasteiger partial charge in [-0.15, -0.1) is 15.3 Å². The third kappa shape index (κ3) is 4.73. The van der Waals surface area contributed by atoms with Gasteiger partial charge < -0.3 is 9.32 Å². The van der Waals surface area contributed by atoms with Gasteiger partial charge in [-0.1, -0.05) is 35.9 Å². The van der Waals surface area contributed by atoms with Crippen molar-refractivity contribution in [1.82, 2.24) is 30.1 Å². The highest BCUT2D eigenvalue weighted by molar-refractivity contribution is 5.65. The molecule has 2 aromatic carbocycles. The van der Waals surface area contributed by atoms with E-state index >= 15 is 0 Å². The number of halogens is 2. The second kappa shape index (κ2) is 9.77. The first kappa shape index (κ1) is 22.8. The summed E-state index contributed by atoms with van der Waals surface area (Å²) in [6.07, 6.45) is 3.25. The van der Waals surface area contributed by atoms with Crippen molar-refractivity contribution < 1.29 is 13.2 Å². The van der Waals surface area contributed by atoms with Crippen molar-refractivity contribution in [3.8, 4) is 22.7 Å². The maximum Gasteiger partial charge on any atom is 0.314 e. The van der Waals surface area contributed by atoms with Crippen molar-refractivity contribution in [3.05, 3.63) is 66.2 Å². The molecule has 4 aromatic rings. The van der Waals surface area contributed by atoms with Gasteiger partial charge in [-0.3, -0.25) is 4.90 Å². The molecule has 0 amide bonds. The highest BCUT2D eigenvalue weighted by Gasteiger charge is 2.28. The Kier molecular flexibility index (Phi) is 6.18. The predicted octanol–water partition coefficient (Wildman–Crippen LogP) is 4.66. The lowest BCUT2D eigenvalue weighted by Gasteiger charge is -2.43. The average Bonchev–Trinajstić information content (AvgIpc) is 3.55. The summed E-state index contributed by atoms with van der Waals surface area (Å²) in [4.78, 5) is 5.10. The van der Waals surface area contributed by atoms with E-state index in [1.165, 1.54) is 24.9 Å². The van der Waals surface area contributed by atoms with Crippen LogP contribution in [0.3, 0.4) is 0 Å². The normalized spacial score (nSPS) is 17.0. The number of nitrogens with zero attached hydrogens (tertiary/aromatic N) is 7. The molecule has 2 aromatic heterocycles. The van der Waals surface area contributed by atoms with Crippen LogP contribution in [0.5, 0.6) is 0 Å². The Labute approximate surface area is 207 Å². The van der Waals surface area contributed by atoms with E-state index in [0.717, 1.165) is 49.0 Å². The zero-order valence-corrected chi connectivity index (χ0v) is 19.8. The molecule has 1 saturated carbocycles. The lowest BCUT2D eigenvalue weighted by molar-refractivity contribution is 0.116. The fourth-order valence-electron chi connectivity index (χ4n) is 4.85. The van der Waals surface area contributed by atoms with Crippen LogP contribution in [0.15, 0.2) is 59.1 Å². The number of hydrogen-bond donors (Lipinski definition) is 0. The van der Waals surface area contributed by atoms with Crippen molar-refractivity contribution in [2.24, 2.45) is 0 Å². The topological polar surface area (TPSA) is 76.1 Å². The van der Waals surface area contributed by atoms with E-state index < -0.39 is 12.3 Å². The summed E-state index contributed by atoms with van der Waals surface area (Å²) in [5, 5.41) is 15.7. The minimum absolute atomic E-state index is 0.0734. The average molecular weight is 492 g/mol. The summed E-state index contributed by atoms with van der Waals surface area (Å²) in [6.45, 7) is 4.89. The summed E-state index contributed by atoms with van der Waals surface area (Å²) < 4.78 is 32.2. The fraction of sp³-hybridized carbons (Fsp3) is 0.385. The molecule has 1 saturated heterocycles. The van der Waals surface area contributed by atoms with Crippen LogP contribution in [-0.4, -0.2) is 62.3 Å². The zero-order valence-electron chi connectivity index (χ0n) is 19.8. The molecule has 0 bridgehead atoms. The maximum absolute atomic E-state index is 12.7. The van der Waals surface area contributed by atoms with Crippen molar-refractivity contribution >= 4 is 5.69 Å². The number of alkyl halides is 2. The van der Waals surface area contributed by atoms with E-state index in [2.05, 4.69) is 54.6 Å². The van der Waals surface area contributed by atoms with Gasteiger partial charge in [0.1, 0.15) is 5.69 Å². The lowest BCUT2D eigenvalue weighted by atomic mass is 9.91. The molecule has 8 nitrogen and oxygen atoms in total. The molecule has 2 aliphatic rings. The first-order chi connectivity index (χ1) is 17.6. The summed E-state index contributed by atoms with van der Waals surface area (Å²) >= 11 is 0. The first-order valence-corrected chi connectivity index (χ1v) is 12.3.